The van der Waals surface area contributed by atoms with Crippen molar-refractivity contribution in [3.8, 4) is 0 Å². The van der Waals surface area contributed by atoms with Gasteiger partial charge in [-0.25, -0.2) is 0 Å². The van der Waals surface area contributed by atoms with E-state index in [2.05, 4.69) is 35.3 Å². The number of nitrogens with zero attached hydrogens (tertiary/aromatic N) is 1. The summed E-state index contributed by atoms with van der Waals surface area (Å²) in [5.41, 5.74) is 7.97. The number of piperidine rings is 1. The first-order chi connectivity index (χ1) is 12.1. The van der Waals surface area contributed by atoms with Crippen molar-refractivity contribution in [2.75, 3.05) is 26.3 Å². The SMILES string of the molecule is CC1CCN(Cc2ccccc2CNC(=O)C2(N)CCOCC2)CC1. The van der Waals surface area contributed by atoms with Gasteiger partial charge in [0, 0.05) is 26.3 Å². The highest BCUT2D eigenvalue weighted by molar-refractivity contribution is 5.86. The standard InChI is InChI=1S/C20H31N3O2/c1-16-6-10-23(11-7-16)15-18-5-3-2-4-17(18)14-22-19(24)20(21)8-12-25-13-9-20/h2-5,16H,6-15,21H2,1H3,(H,22,24). The van der Waals surface area contributed by atoms with Crippen LogP contribution in [0.1, 0.15) is 43.7 Å². The second-order valence-corrected chi connectivity index (χ2v) is 7.68. The molecule has 2 heterocycles. The number of likely N-dealkylation sites (tertiary alicyclic amines) is 1. The number of benzene rings is 1. The van der Waals surface area contributed by atoms with Crippen molar-refractivity contribution in [2.24, 2.45) is 11.7 Å². The van der Waals surface area contributed by atoms with Crippen LogP contribution in [-0.2, 0) is 22.6 Å². The Morgan fingerprint density at radius 1 is 1.24 bits per heavy atom. The number of nitrogens with two attached hydrogens (primary N) is 1. The minimum absolute atomic E-state index is 0.0580. The normalized spacial score (nSPS) is 21.8. The topological polar surface area (TPSA) is 67.6 Å². The van der Waals surface area contributed by atoms with Gasteiger partial charge in [0.2, 0.25) is 5.91 Å². The van der Waals surface area contributed by atoms with E-state index in [9.17, 15) is 4.79 Å². The summed E-state index contributed by atoms with van der Waals surface area (Å²) >= 11 is 0. The third-order valence-electron chi connectivity index (χ3n) is 5.67. The number of hydrogen-bond acceptors (Lipinski definition) is 4. The molecule has 3 rings (SSSR count). The monoisotopic (exact) mass is 345 g/mol. The zero-order valence-corrected chi connectivity index (χ0v) is 15.3. The lowest BCUT2D eigenvalue weighted by Crippen LogP contribution is -2.56. The highest BCUT2D eigenvalue weighted by atomic mass is 16.5. The Labute approximate surface area is 150 Å². The molecule has 5 nitrogen and oxygen atoms in total. The molecule has 0 aliphatic carbocycles. The Bertz CT molecular complexity index is 576. The minimum Gasteiger partial charge on any atom is -0.381 e. The van der Waals surface area contributed by atoms with Gasteiger partial charge in [-0.1, -0.05) is 31.2 Å². The highest BCUT2D eigenvalue weighted by Gasteiger charge is 2.35. The fraction of sp³-hybridized carbons (Fsp3) is 0.650. The van der Waals surface area contributed by atoms with Gasteiger partial charge < -0.3 is 15.8 Å². The van der Waals surface area contributed by atoms with Gasteiger partial charge in [-0.2, -0.15) is 0 Å². The summed E-state index contributed by atoms with van der Waals surface area (Å²) < 4.78 is 5.32. The van der Waals surface area contributed by atoms with Crippen molar-refractivity contribution in [1.29, 1.82) is 0 Å². The van der Waals surface area contributed by atoms with E-state index in [4.69, 9.17) is 10.5 Å². The number of hydrogen-bond donors (Lipinski definition) is 2. The maximum atomic E-state index is 12.5. The summed E-state index contributed by atoms with van der Waals surface area (Å²) in [7, 11) is 0. The summed E-state index contributed by atoms with van der Waals surface area (Å²) in [6.07, 6.45) is 3.73. The molecule has 2 fully saturated rings. The highest BCUT2D eigenvalue weighted by Crippen LogP contribution is 2.21. The van der Waals surface area contributed by atoms with Gasteiger partial charge in [-0.05, 0) is 55.8 Å². The molecular formula is C20H31N3O2. The van der Waals surface area contributed by atoms with E-state index in [1.165, 1.54) is 24.0 Å². The molecule has 0 bridgehead atoms. The molecule has 1 amide bonds. The van der Waals surface area contributed by atoms with Crippen molar-refractivity contribution >= 4 is 5.91 Å². The van der Waals surface area contributed by atoms with Crippen LogP contribution >= 0.6 is 0 Å². The first kappa shape index (κ1) is 18.4. The smallest absolute Gasteiger partial charge is 0.240 e. The molecule has 1 aromatic rings. The number of carbonyl (C=O) groups is 1. The van der Waals surface area contributed by atoms with Crippen LogP contribution in [0.25, 0.3) is 0 Å². The van der Waals surface area contributed by atoms with Crippen molar-refractivity contribution in [3.63, 3.8) is 0 Å². The zero-order valence-electron chi connectivity index (χ0n) is 15.3. The number of ether oxygens (including phenoxy) is 1. The number of carbonyl (C=O) groups excluding carboxylic acids is 1. The first-order valence-corrected chi connectivity index (χ1v) is 9.51. The molecule has 0 radical (unpaired) electrons. The van der Waals surface area contributed by atoms with E-state index >= 15 is 0 Å². The van der Waals surface area contributed by atoms with Crippen LogP contribution < -0.4 is 11.1 Å². The molecule has 2 aliphatic heterocycles. The van der Waals surface area contributed by atoms with Crippen LogP contribution in [0.3, 0.4) is 0 Å². The molecule has 138 valence electrons. The maximum Gasteiger partial charge on any atom is 0.240 e. The molecule has 1 aromatic carbocycles. The summed E-state index contributed by atoms with van der Waals surface area (Å²) in [6, 6.07) is 8.40. The summed E-state index contributed by atoms with van der Waals surface area (Å²) in [4.78, 5) is 15.0. The van der Waals surface area contributed by atoms with E-state index < -0.39 is 5.54 Å². The fourth-order valence-electron chi connectivity index (χ4n) is 3.66. The molecule has 0 atom stereocenters. The second-order valence-electron chi connectivity index (χ2n) is 7.68. The molecule has 5 heteroatoms. The quantitative estimate of drug-likeness (QED) is 0.857. The molecule has 0 aromatic heterocycles. The van der Waals surface area contributed by atoms with Gasteiger partial charge in [-0.3, -0.25) is 9.69 Å². The summed E-state index contributed by atoms with van der Waals surface area (Å²) in [6.45, 7) is 7.28. The average Bonchev–Trinajstić information content (AvgIpc) is 2.63. The predicted molar refractivity (Wildman–Crippen MR) is 98.9 cm³/mol. The maximum absolute atomic E-state index is 12.5. The average molecular weight is 345 g/mol. The van der Waals surface area contributed by atoms with Crippen LogP contribution in [-0.4, -0.2) is 42.6 Å². The van der Waals surface area contributed by atoms with Gasteiger partial charge >= 0.3 is 0 Å². The van der Waals surface area contributed by atoms with Crippen LogP contribution in [0.5, 0.6) is 0 Å². The molecule has 0 spiro atoms. The third kappa shape index (κ3) is 4.81. The van der Waals surface area contributed by atoms with E-state index in [1.807, 2.05) is 6.07 Å². The Morgan fingerprint density at radius 2 is 1.88 bits per heavy atom. The van der Waals surface area contributed by atoms with Gasteiger partial charge in [0.05, 0.1) is 5.54 Å². The van der Waals surface area contributed by atoms with Crippen molar-refractivity contribution in [1.82, 2.24) is 10.2 Å². The molecule has 3 N–H and O–H groups in total. The Balaban J connectivity index is 1.58. The van der Waals surface area contributed by atoms with Gasteiger partial charge in [0.25, 0.3) is 0 Å². The predicted octanol–water partition coefficient (Wildman–Crippen LogP) is 2.04. The van der Waals surface area contributed by atoms with Gasteiger partial charge in [0.1, 0.15) is 0 Å². The Kier molecular flexibility index (Phi) is 6.10. The molecule has 25 heavy (non-hydrogen) atoms. The first-order valence-electron chi connectivity index (χ1n) is 9.51. The Hall–Kier alpha value is -1.43. The van der Waals surface area contributed by atoms with Gasteiger partial charge in [0.15, 0.2) is 0 Å². The summed E-state index contributed by atoms with van der Waals surface area (Å²) in [5, 5.41) is 3.06. The molecule has 2 aliphatic rings. The van der Waals surface area contributed by atoms with Crippen LogP contribution in [0, 0.1) is 5.92 Å². The summed E-state index contributed by atoms with van der Waals surface area (Å²) in [5.74, 6) is 0.781. The third-order valence-corrected chi connectivity index (χ3v) is 5.67. The van der Waals surface area contributed by atoms with Crippen LogP contribution in [0.4, 0.5) is 0 Å². The zero-order chi connectivity index (χ0) is 17.7. The second kappa shape index (κ2) is 8.30. The number of rotatable bonds is 5. The van der Waals surface area contributed by atoms with Crippen LogP contribution in [0.2, 0.25) is 0 Å². The lowest BCUT2D eigenvalue weighted by Gasteiger charge is -2.32. The Morgan fingerprint density at radius 3 is 2.56 bits per heavy atom. The van der Waals surface area contributed by atoms with Gasteiger partial charge in [-0.15, -0.1) is 0 Å². The number of amides is 1. The number of nitrogens with one attached hydrogen (secondary N) is 1. The van der Waals surface area contributed by atoms with Crippen molar-refractivity contribution in [3.05, 3.63) is 35.4 Å². The molecule has 0 saturated carbocycles. The van der Waals surface area contributed by atoms with Crippen molar-refractivity contribution in [2.45, 2.75) is 51.2 Å². The van der Waals surface area contributed by atoms with E-state index in [-0.39, 0.29) is 5.91 Å². The van der Waals surface area contributed by atoms with Crippen molar-refractivity contribution < 1.29 is 9.53 Å². The lowest BCUT2D eigenvalue weighted by molar-refractivity contribution is -0.129. The van der Waals surface area contributed by atoms with E-state index in [0.29, 0.717) is 32.6 Å². The lowest BCUT2D eigenvalue weighted by atomic mass is 9.90. The fourth-order valence-corrected chi connectivity index (χ4v) is 3.66. The molecule has 2 saturated heterocycles. The van der Waals surface area contributed by atoms with Crippen LogP contribution in [0.15, 0.2) is 24.3 Å². The molecular weight excluding hydrogens is 314 g/mol. The molecule has 0 unspecified atom stereocenters. The largest absolute Gasteiger partial charge is 0.381 e. The minimum atomic E-state index is -0.782. The van der Waals surface area contributed by atoms with E-state index in [0.717, 1.165) is 25.6 Å². The van der Waals surface area contributed by atoms with E-state index in [1.54, 1.807) is 0 Å².